The summed E-state index contributed by atoms with van der Waals surface area (Å²) in [6.07, 6.45) is 7.08. The van der Waals surface area contributed by atoms with Crippen LogP contribution in [0.1, 0.15) is 74.1 Å². The van der Waals surface area contributed by atoms with Gasteiger partial charge in [0.05, 0.1) is 0 Å². The number of aliphatic carboxylic acids is 1. The lowest BCUT2D eigenvalue weighted by molar-refractivity contribution is -0.132. The Morgan fingerprint density at radius 3 is 2.21 bits per heavy atom. The highest BCUT2D eigenvalue weighted by atomic mass is 16.4. The first-order valence-electron chi connectivity index (χ1n) is 8.97. The fourth-order valence-corrected chi connectivity index (χ4v) is 3.11. The molecule has 3 heteroatoms. The standard InChI is InChI=1S/C21H34O3/c1-8-9-10-15(19(23)24)11-14-12-16(20(2,3)4)18(22)17(13-14)21(5,6)7/h11-12,14,22H,8-10,13H2,1-7H3,(H,23,24). The number of hydrogen-bond acceptors (Lipinski definition) is 2. The van der Waals surface area contributed by atoms with E-state index in [4.69, 9.17) is 0 Å². The topological polar surface area (TPSA) is 57.5 Å². The molecule has 0 saturated carbocycles. The highest BCUT2D eigenvalue weighted by Gasteiger charge is 2.33. The maximum Gasteiger partial charge on any atom is 0.331 e. The first-order chi connectivity index (χ1) is 10.9. The van der Waals surface area contributed by atoms with E-state index in [1.54, 1.807) is 0 Å². The van der Waals surface area contributed by atoms with E-state index in [-0.39, 0.29) is 16.7 Å². The van der Waals surface area contributed by atoms with Crippen molar-refractivity contribution in [3.05, 3.63) is 34.6 Å². The number of aliphatic hydroxyl groups is 1. The number of rotatable bonds is 5. The van der Waals surface area contributed by atoms with Gasteiger partial charge in [-0.3, -0.25) is 0 Å². The summed E-state index contributed by atoms with van der Waals surface area (Å²) >= 11 is 0. The van der Waals surface area contributed by atoms with E-state index in [0.717, 1.165) is 24.0 Å². The Morgan fingerprint density at radius 2 is 1.79 bits per heavy atom. The van der Waals surface area contributed by atoms with Crippen LogP contribution in [-0.2, 0) is 4.79 Å². The van der Waals surface area contributed by atoms with Crippen LogP contribution in [0, 0.1) is 16.7 Å². The lowest BCUT2D eigenvalue weighted by atomic mass is 9.71. The Bertz CT molecular complexity index is 563. The van der Waals surface area contributed by atoms with Crippen molar-refractivity contribution in [2.24, 2.45) is 16.7 Å². The van der Waals surface area contributed by atoms with Crippen molar-refractivity contribution in [1.29, 1.82) is 0 Å². The molecular formula is C21H34O3. The molecule has 0 saturated heterocycles. The van der Waals surface area contributed by atoms with Gasteiger partial charge in [-0.15, -0.1) is 0 Å². The fourth-order valence-electron chi connectivity index (χ4n) is 3.11. The number of unbranched alkanes of at least 4 members (excludes halogenated alkanes) is 1. The second-order valence-corrected chi connectivity index (χ2v) is 8.88. The quantitative estimate of drug-likeness (QED) is 0.603. The smallest absolute Gasteiger partial charge is 0.331 e. The molecule has 0 aliphatic heterocycles. The highest BCUT2D eigenvalue weighted by Crippen LogP contribution is 2.44. The van der Waals surface area contributed by atoms with Crippen molar-refractivity contribution in [3.63, 3.8) is 0 Å². The highest BCUT2D eigenvalue weighted by molar-refractivity contribution is 5.86. The van der Waals surface area contributed by atoms with Gasteiger partial charge in [-0.1, -0.05) is 67.0 Å². The third-order valence-electron chi connectivity index (χ3n) is 4.56. The molecule has 0 amide bonds. The maximum absolute atomic E-state index is 11.5. The van der Waals surface area contributed by atoms with Gasteiger partial charge in [0.2, 0.25) is 0 Å². The Kier molecular flexibility index (Phi) is 6.49. The molecule has 1 atom stereocenters. The molecule has 0 heterocycles. The summed E-state index contributed by atoms with van der Waals surface area (Å²) in [5, 5.41) is 20.3. The Hall–Kier alpha value is -1.51. The van der Waals surface area contributed by atoms with Crippen LogP contribution in [0.4, 0.5) is 0 Å². The molecule has 0 aromatic rings. The van der Waals surface area contributed by atoms with Gasteiger partial charge in [-0.2, -0.15) is 0 Å². The Morgan fingerprint density at radius 1 is 1.21 bits per heavy atom. The van der Waals surface area contributed by atoms with E-state index in [1.165, 1.54) is 0 Å². The molecule has 0 radical (unpaired) electrons. The largest absolute Gasteiger partial charge is 0.508 e. The molecule has 24 heavy (non-hydrogen) atoms. The van der Waals surface area contributed by atoms with Crippen LogP contribution in [0.25, 0.3) is 0 Å². The minimum atomic E-state index is -0.828. The molecule has 0 aromatic heterocycles. The summed E-state index contributed by atoms with van der Waals surface area (Å²) in [6.45, 7) is 14.6. The van der Waals surface area contributed by atoms with Crippen molar-refractivity contribution >= 4 is 5.97 Å². The van der Waals surface area contributed by atoms with Crippen molar-refractivity contribution < 1.29 is 15.0 Å². The molecule has 136 valence electrons. The van der Waals surface area contributed by atoms with Crippen LogP contribution < -0.4 is 0 Å². The SMILES string of the molecule is CCCCC(=CC1C=C(C(C)(C)C)C(O)=C(C(C)(C)C)C1)C(=O)O. The van der Waals surface area contributed by atoms with E-state index >= 15 is 0 Å². The first-order valence-corrected chi connectivity index (χ1v) is 8.97. The van der Waals surface area contributed by atoms with Gasteiger partial charge in [0.25, 0.3) is 0 Å². The van der Waals surface area contributed by atoms with Crippen LogP contribution >= 0.6 is 0 Å². The minimum Gasteiger partial charge on any atom is -0.508 e. The zero-order valence-electron chi connectivity index (χ0n) is 16.4. The number of allylic oxidation sites excluding steroid dienone is 4. The first kappa shape index (κ1) is 20.5. The molecule has 1 aliphatic rings. The van der Waals surface area contributed by atoms with Gasteiger partial charge in [0.1, 0.15) is 5.76 Å². The van der Waals surface area contributed by atoms with Crippen molar-refractivity contribution in [2.75, 3.05) is 0 Å². The molecule has 0 fully saturated rings. The molecule has 1 unspecified atom stereocenters. The van der Waals surface area contributed by atoms with E-state index in [1.807, 2.05) is 6.08 Å². The molecule has 1 aliphatic carbocycles. The van der Waals surface area contributed by atoms with Crippen LogP contribution in [0.3, 0.4) is 0 Å². The summed E-state index contributed by atoms with van der Waals surface area (Å²) in [5.74, 6) is -0.414. The summed E-state index contributed by atoms with van der Waals surface area (Å²) in [7, 11) is 0. The minimum absolute atomic E-state index is 0.0207. The van der Waals surface area contributed by atoms with Crippen LogP contribution in [0.15, 0.2) is 34.6 Å². The van der Waals surface area contributed by atoms with E-state index in [2.05, 4.69) is 54.5 Å². The normalized spacial score (nSPS) is 20.2. The number of aliphatic hydroxyl groups excluding tert-OH is 1. The summed E-state index contributed by atoms with van der Waals surface area (Å²) in [5.41, 5.74) is 2.09. The van der Waals surface area contributed by atoms with Crippen LogP contribution in [-0.4, -0.2) is 16.2 Å². The lowest BCUT2D eigenvalue weighted by Gasteiger charge is -2.35. The lowest BCUT2D eigenvalue weighted by Crippen LogP contribution is -2.24. The molecule has 2 N–H and O–H groups in total. The zero-order valence-corrected chi connectivity index (χ0v) is 16.4. The van der Waals surface area contributed by atoms with E-state index in [0.29, 0.717) is 24.2 Å². The second-order valence-electron chi connectivity index (χ2n) is 8.88. The van der Waals surface area contributed by atoms with Gasteiger partial charge >= 0.3 is 5.97 Å². The Balaban J connectivity index is 3.32. The molecule has 0 aromatic carbocycles. The van der Waals surface area contributed by atoms with Crippen molar-refractivity contribution in [2.45, 2.75) is 74.1 Å². The molecule has 1 rings (SSSR count). The predicted octanol–water partition coefficient (Wildman–Crippen LogP) is 6.04. The third kappa shape index (κ3) is 5.25. The van der Waals surface area contributed by atoms with Gasteiger partial charge in [0, 0.05) is 11.5 Å². The van der Waals surface area contributed by atoms with Crippen molar-refractivity contribution in [3.8, 4) is 0 Å². The van der Waals surface area contributed by atoms with E-state index in [9.17, 15) is 15.0 Å². The van der Waals surface area contributed by atoms with Gasteiger partial charge in [-0.05, 0) is 41.2 Å². The second kappa shape index (κ2) is 7.58. The molecule has 3 nitrogen and oxygen atoms in total. The number of carbonyl (C=O) groups is 1. The third-order valence-corrected chi connectivity index (χ3v) is 4.56. The average molecular weight is 335 g/mol. The fraction of sp³-hybridized carbons (Fsp3) is 0.667. The predicted molar refractivity (Wildman–Crippen MR) is 100.0 cm³/mol. The summed E-state index contributed by atoms with van der Waals surface area (Å²) < 4.78 is 0. The van der Waals surface area contributed by atoms with Gasteiger partial charge in [-0.25, -0.2) is 4.79 Å². The average Bonchev–Trinajstić information content (AvgIpc) is 2.41. The zero-order chi connectivity index (χ0) is 18.7. The number of carboxylic acids is 1. The Labute approximate surface area is 147 Å². The van der Waals surface area contributed by atoms with E-state index < -0.39 is 5.97 Å². The summed E-state index contributed by atoms with van der Waals surface area (Å²) in [6, 6.07) is 0. The maximum atomic E-state index is 11.5. The van der Waals surface area contributed by atoms with Crippen molar-refractivity contribution in [1.82, 2.24) is 0 Å². The van der Waals surface area contributed by atoms with Crippen LogP contribution in [0.2, 0.25) is 0 Å². The van der Waals surface area contributed by atoms with Crippen LogP contribution in [0.5, 0.6) is 0 Å². The molecule has 0 bridgehead atoms. The van der Waals surface area contributed by atoms with Gasteiger partial charge < -0.3 is 10.2 Å². The summed E-state index contributed by atoms with van der Waals surface area (Å²) in [4.78, 5) is 11.5. The number of hydrogen-bond donors (Lipinski definition) is 2. The number of carboxylic acid groups (broad SMARTS) is 1. The molecule has 0 spiro atoms. The molecular weight excluding hydrogens is 300 g/mol. The van der Waals surface area contributed by atoms with Gasteiger partial charge in [0.15, 0.2) is 0 Å². The monoisotopic (exact) mass is 334 g/mol.